The molecule has 9 aromatic rings. The zero-order valence-corrected chi connectivity index (χ0v) is 52.2. The maximum Gasteiger partial charge on any atom is 0.296 e. The van der Waals surface area contributed by atoms with Crippen molar-refractivity contribution >= 4 is 143 Å². The Bertz CT molecular complexity index is 4480. The molecule has 0 unspecified atom stereocenters. The number of aryl methyl sites for hydroxylation is 2. The number of nitrogens with zero attached hydrogens (tertiary/aromatic N) is 11. The third kappa shape index (κ3) is 13.9. The second kappa shape index (κ2) is 26.0. The maximum absolute atomic E-state index is 13.1. The van der Waals surface area contributed by atoms with Crippen LogP contribution in [0.15, 0.2) is 131 Å². The second-order valence-electron chi connectivity index (χ2n) is 18.8. The van der Waals surface area contributed by atoms with Crippen molar-refractivity contribution in [2.75, 3.05) is 73.2 Å². The molecule has 0 aliphatic rings. The molecule has 0 saturated heterocycles. The van der Waals surface area contributed by atoms with Gasteiger partial charge in [-0.2, -0.15) is 40.2 Å². The lowest BCUT2D eigenvalue weighted by molar-refractivity contribution is 0.322. The minimum absolute atomic E-state index is 0.0416. The lowest BCUT2D eigenvalue weighted by atomic mass is 10.2. The lowest BCUT2D eigenvalue weighted by Crippen LogP contribution is -2.22. The van der Waals surface area contributed by atoms with Gasteiger partial charge in [-0.3, -0.25) is 13.7 Å². The summed E-state index contributed by atoms with van der Waals surface area (Å²) in [4.78, 5) is 25.8. The molecule has 450 valence electrons. The Morgan fingerprint density at radius 1 is 0.558 bits per heavy atom. The normalized spacial score (nSPS) is 12.2. The number of rotatable bonds is 24. The predicted molar refractivity (Wildman–Crippen MR) is 335 cm³/mol. The van der Waals surface area contributed by atoms with E-state index in [1.807, 2.05) is 62.6 Å². The highest BCUT2D eigenvalue weighted by Gasteiger charge is 2.26. The number of thiazole rings is 2. The van der Waals surface area contributed by atoms with E-state index in [-0.39, 0.29) is 94.8 Å². The highest BCUT2D eigenvalue weighted by molar-refractivity contribution is 7.99. The Morgan fingerprint density at radius 2 is 1.03 bits per heavy atom. The molecule has 0 bridgehead atoms. The van der Waals surface area contributed by atoms with Crippen LogP contribution in [-0.4, -0.2) is 122 Å². The molecule has 31 heteroatoms. The Balaban J connectivity index is 1.13. The van der Waals surface area contributed by atoms with E-state index in [2.05, 4.69) is 51.0 Å². The number of hydrogen-bond donors (Lipinski definition) is 6. The van der Waals surface area contributed by atoms with Gasteiger partial charge < -0.3 is 35.0 Å². The molecule has 0 fully saturated rings. The van der Waals surface area contributed by atoms with Gasteiger partial charge in [0.2, 0.25) is 11.9 Å². The van der Waals surface area contributed by atoms with Crippen molar-refractivity contribution in [3.63, 3.8) is 0 Å². The Hall–Kier alpha value is -7.85. The molecule has 0 amide bonds. The van der Waals surface area contributed by atoms with Crippen molar-refractivity contribution in [2.45, 2.75) is 61.4 Å². The van der Waals surface area contributed by atoms with E-state index >= 15 is 0 Å². The number of benzene rings is 6. The van der Waals surface area contributed by atoms with Gasteiger partial charge in [0.1, 0.15) is 59.0 Å². The van der Waals surface area contributed by atoms with Crippen LogP contribution in [-0.2, 0) is 30.4 Å². The van der Waals surface area contributed by atoms with E-state index in [1.165, 1.54) is 62.8 Å². The summed E-state index contributed by atoms with van der Waals surface area (Å²) in [6, 6.07) is 23.7. The number of anilines is 6. The van der Waals surface area contributed by atoms with Crippen molar-refractivity contribution in [3.8, 4) is 32.6 Å². The quantitative estimate of drug-likeness (QED) is 0.0186. The number of methoxy groups -OCH3 is 2. The number of azo groups is 2. The summed E-state index contributed by atoms with van der Waals surface area (Å²) in [5.74, 6) is 0.840. The van der Waals surface area contributed by atoms with Crippen LogP contribution in [0, 0.1) is 13.8 Å². The number of fused-ring (bicyclic) bond motifs is 2. The highest BCUT2D eigenvalue weighted by Crippen LogP contribution is 2.45. The number of aromatic nitrogens is 5. The number of nitrogens with one attached hydrogen (secondary N) is 2. The van der Waals surface area contributed by atoms with E-state index in [1.54, 1.807) is 36.4 Å². The average Bonchev–Trinajstić information content (AvgIpc) is 2.41. The average molecular weight is 1280 g/mol. The van der Waals surface area contributed by atoms with Crippen LogP contribution in [0.25, 0.3) is 41.6 Å². The van der Waals surface area contributed by atoms with E-state index in [0.717, 1.165) is 44.9 Å². The molecule has 0 atom stereocenters. The SMILES string of the molecule is CCN(CC)c1cc(Nc2nc(Nc3cc(N(CC)CC)c(OC)cc3N=Nc3ccc(-c4nc5ccc(C)c(S(=O)(=O)O)c5s4)cc3S(=O)(=O)O)nc(SCCO)n2)c(N=Nc2ccc(-c3nc4ccc(C)cc4s3)cc2S(=O)(=O)O)cc1OC. The monoisotopic (exact) mass is 1280 g/mol. The highest BCUT2D eigenvalue weighted by atomic mass is 32.2. The summed E-state index contributed by atoms with van der Waals surface area (Å²) in [7, 11) is -11.6. The molecule has 0 aliphatic heterocycles. The van der Waals surface area contributed by atoms with Crippen molar-refractivity contribution in [2.24, 2.45) is 20.5 Å². The first kappa shape index (κ1) is 62.7. The third-order valence-corrected chi connectivity index (χ3v) is 19.2. The van der Waals surface area contributed by atoms with Crippen LogP contribution in [0.5, 0.6) is 11.5 Å². The zero-order valence-electron chi connectivity index (χ0n) is 47.3. The molecular weight excluding hydrogens is 1230 g/mol. The van der Waals surface area contributed by atoms with Crippen LogP contribution >= 0.6 is 34.4 Å². The topological polar surface area (TPSA) is 346 Å². The van der Waals surface area contributed by atoms with E-state index < -0.39 is 40.1 Å². The molecule has 0 saturated carbocycles. The first-order chi connectivity index (χ1) is 41.0. The Kier molecular flexibility index (Phi) is 19.0. The van der Waals surface area contributed by atoms with Gasteiger partial charge in [-0.15, -0.1) is 43.1 Å². The number of aliphatic hydroxyl groups excluding tert-OH is 1. The van der Waals surface area contributed by atoms with Crippen molar-refractivity contribution in [1.29, 1.82) is 0 Å². The van der Waals surface area contributed by atoms with E-state index in [9.17, 15) is 44.0 Å². The molecule has 0 aliphatic carbocycles. The van der Waals surface area contributed by atoms with Crippen LogP contribution in [0.2, 0.25) is 0 Å². The summed E-state index contributed by atoms with van der Waals surface area (Å²) in [6.45, 7) is 13.3. The third-order valence-electron chi connectivity index (χ3n) is 13.2. The van der Waals surface area contributed by atoms with Crippen LogP contribution < -0.4 is 29.9 Å². The number of hydrogen-bond acceptors (Lipinski definition) is 25. The van der Waals surface area contributed by atoms with E-state index in [4.69, 9.17) is 14.5 Å². The molecule has 6 N–H and O–H groups in total. The molecule has 3 heterocycles. The predicted octanol–water partition coefficient (Wildman–Crippen LogP) is 12.9. The van der Waals surface area contributed by atoms with Crippen LogP contribution in [0.4, 0.5) is 57.4 Å². The molecule has 25 nitrogen and oxygen atoms in total. The molecule has 86 heavy (non-hydrogen) atoms. The fourth-order valence-electron chi connectivity index (χ4n) is 9.10. The van der Waals surface area contributed by atoms with Crippen molar-refractivity contribution in [1.82, 2.24) is 24.9 Å². The largest absolute Gasteiger partial charge is 0.494 e. The van der Waals surface area contributed by atoms with Crippen LogP contribution in [0.1, 0.15) is 38.8 Å². The Labute approximate surface area is 507 Å². The van der Waals surface area contributed by atoms with Gasteiger partial charge >= 0.3 is 0 Å². The first-order valence-corrected chi connectivity index (χ1v) is 33.2. The van der Waals surface area contributed by atoms with Gasteiger partial charge in [0.15, 0.2) is 5.16 Å². The minimum atomic E-state index is -5.01. The molecular formula is C55H57N13O12S6. The Morgan fingerprint density at radius 3 is 1.50 bits per heavy atom. The summed E-state index contributed by atoms with van der Waals surface area (Å²) >= 11 is 3.37. The van der Waals surface area contributed by atoms with Crippen molar-refractivity contribution in [3.05, 3.63) is 102 Å². The standard InChI is InChI=1S/C55H57N13O12S6/c1-9-67(10-2)42-26-38(40(28-44(42)79-7)65-63-35-19-15-32(24-47(35)84(70,71)72)51-56-34-17-13-30(5)23-46(34)82-51)58-53-60-54(62-55(61-53)81-22-21-69)59-39-27-43(68(11-3)12-4)45(80-8)29-41(39)66-64-36-20-16-33(25-48(36)85(73,74)75)52-57-37-18-14-31(6)50(49(37)83-52)86(76,77)78/h13-20,23-29,69H,9-12,21-22H2,1-8H3,(H,70,71,72)(H,73,74,75)(H,76,77,78)(H2,58,59,60,61,62). The summed E-state index contributed by atoms with van der Waals surface area (Å²) in [6.07, 6.45) is 0. The minimum Gasteiger partial charge on any atom is -0.494 e. The molecule has 9 rings (SSSR count). The zero-order chi connectivity index (χ0) is 61.8. The number of aliphatic hydroxyl groups is 1. The smallest absolute Gasteiger partial charge is 0.296 e. The summed E-state index contributed by atoms with van der Waals surface area (Å²) < 4.78 is 121. The molecule has 0 spiro atoms. The van der Waals surface area contributed by atoms with Gasteiger partial charge in [0.25, 0.3) is 30.4 Å². The van der Waals surface area contributed by atoms with Crippen molar-refractivity contribution < 1.29 is 53.5 Å². The van der Waals surface area contributed by atoms with E-state index in [0.29, 0.717) is 59.6 Å². The molecule has 3 aromatic heterocycles. The van der Waals surface area contributed by atoms with Gasteiger partial charge in [-0.25, -0.2) is 9.97 Å². The van der Waals surface area contributed by atoms with Crippen LogP contribution in [0.3, 0.4) is 0 Å². The van der Waals surface area contributed by atoms with Gasteiger partial charge in [0, 0.05) is 55.2 Å². The molecule has 0 radical (unpaired) electrons. The molecule has 6 aromatic carbocycles. The van der Waals surface area contributed by atoms with Gasteiger partial charge in [0.05, 0.1) is 64.0 Å². The fraction of sp³-hybridized carbons (Fsp3) is 0.255. The number of thioether (sulfide) groups is 1. The summed E-state index contributed by atoms with van der Waals surface area (Å²) in [5, 5.41) is 34.9. The summed E-state index contributed by atoms with van der Waals surface area (Å²) in [5.41, 5.74) is 4.38. The van der Waals surface area contributed by atoms with Gasteiger partial charge in [-0.1, -0.05) is 23.9 Å². The second-order valence-corrected chi connectivity index (χ2v) is 26.0. The maximum atomic E-state index is 13.1. The number of ether oxygens (including phenoxy) is 2. The first-order valence-electron chi connectivity index (χ1n) is 26.3. The lowest BCUT2D eigenvalue weighted by Gasteiger charge is -2.25. The fourth-order valence-corrected chi connectivity index (χ4v) is 14.3. The van der Waals surface area contributed by atoms with Gasteiger partial charge in [-0.05, 0) is 119 Å².